The number of aliphatic hydroxyl groups excluding tert-OH is 1. The molecule has 1 unspecified atom stereocenters. The molecule has 2 aromatic heterocycles. The molecule has 2 heterocycles. The summed E-state index contributed by atoms with van der Waals surface area (Å²) in [4.78, 5) is 3.30. The van der Waals surface area contributed by atoms with Crippen LogP contribution in [0.1, 0.15) is 23.1 Å². The molecule has 0 saturated heterocycles. The lowest BCUT2D eigenvalue weighted by Crippen LogP contribution is -2.32. The molecule has 5 heteroatoms. The van der Waals surface area contributed by atoms with Gasteiger partial charge in [-0.05, 0) is 24.6 Å². The molecule has 25 heavy (non-hydrogen) atoms. The van der Waals surface area contributed by atoms with Gasteiger partial charge in [0.05, 0.1) is 19.3 Å². The van der Waals surface area contributed by atoms with Crippen molar-refractivity contribution < 1.29 is 14.3 Å². The Hall–Kier alpha value is -1.66. The third-order valence-electron chi connectivity index (χ3n) is 4.19. The number of fused-ring (bicyclic) bond motifs is 1. The highest BCUT2D eigenvalue weighted by atomic mass is 32.1. The SMILES string of the molecule is CCc1oc2ccccc2c1CN(C)CC(O)COCc1cccs1. The van der Waals surface area contributed by atoms with Gasteiger partial charge < -0.3 is 14.3 Å². The van der Waals surface area contributed by atoms with Crippen LogP contribution in [0.25, 0.3) is 11.0 Å². The molecule has 1 aromatic carbocycles. The maximum atomic E-state index is 10.2. The van der Waals surface area contributed by atoms with E-state index in [1.165, 1.54) is 10.4 Å². The van der Waals surface area contributed by atoms with Crippen LogP contribution in [-0.2, 0) is 24.3 Å². The van der Waals surface area contributed by atoms with E-state index in [2.05, 4.69) is 17.9 Å². The molecule has 3 aromatic rings. The molecule has 3 rings (SSSR count). The summed E-state index contributed by atoms with van der Waals surface area (Å²) >= 11 is 1.67. The zero-order valence-corrected chi connectivity index (χ0v) is 15.6. The van der Waals surface area contributed by atoms with E-state index >= 15 is 0 Å². The zero-order chi connectivity index (χ0) is 17.6. The molecule has 134 valence electrons. The number of para-hydroxylation sites is 1. The number of hydrogen-bond acceptors (Lipinski definition) is 5. The van der Waals surface area contributed by atoms with E-state index in [0.29, 0.717) is 19.8 Å². The monoisotopic (exact) mass is 359 g/mol. The maximum absolute atomic E-state index is 10.2. The van der Waals surface area contributed by atoms with Crippen molar-refractivity contribution in [3.63, 3.8) is 0 Å². The number of hydrogen-bond donors (Lipinski definition) is 1. The molecule has 0 saturated carbocycles. The quantitative estimate of drug-likeness (QED) is 0.626. The van der Waals surface area contributed by atoms with Crippen molar-refractivity contribution in [3.8, 4) is 0 Å². The van der Waals surface area contributed by atoms with Gasteiger partial charge in [0.15, 0.2) is 0 Å². The highest BCUT2D eigenvalue weighted by molar-refractivity contribution is 7.09. The number of likely N-dealkylation sites (N-methyl/N-ethyl adjacent to an activating group) is 1. The number of thiophene rings is 1. The van der Waals surface area contributed by atoms with Crippen LogP contribution in [0.4, 0.5) is 0 Å². The lowest BCUT2D eigenvalue weighted by molar-refractivity contribution is 0.0135. The first-order chi connectivity index (χ1) is 12.2. The minimum absolute atomic E-state index is 0.342. The fraction of sp³-hybridized carbons (Fsp3) is 0.400. The highest BCUT2D eigenvalue weighted by Gasteiger charge is 2.16. The first-order valence-corrected chi connectivity index (χ1v) is 9.51. The lowest BCUT2D eigenvalue weighted by Gasteiger charge is -2.20. The van der Waals surface area contributed by atoms with E-state index in [0.717, 1.165) is 29.7 Å². The molecule has 1 N–H and O–H groups in total. The molecule has 0 radical (unpaired) electrons. The van der Waals surface area contributed by atoms with Crippen molar-refractivity contribution in [2.75, 3.05) is 20.2 Å². The molecule has 0 bridgehead atoms. The van der Waals surface area contributed by atoms with Crippen LogP contribution >= 0.6 is 11.3 Å². The van der Waals surface area contributed by atoms with Gasteiger partial charge in [0, 0.05) is 35.3 Å². The lowest BCUT2D eigenvalue weighted by atomic mass is 10.1. The van der Waals surface area contributed by atoms with Gasteiger partial charge in [0.2, 0.25) is 0 Å². The molecular weight excluding hydrogens is 334 g/mol. The molecule has 1 atom stereocenters. The van der Waals surface area contributed by atoms with Gasteiger partial charge in [-0.15, -0.1) is 11.3 Å². The van der Waals surface area contributed by atoms with E-state index in [1.807, 2.05) is 42.8 Å². The number of aliphatic hydroxyl groups is 1. The molecule has 0 aliphatic rings. The minimum atomic E-state index is -0.506. The normalized spacial score (nSPS) is 13.0. The Balaban J connectivity index is 1.54. The van der Waals surface area contributed by atoms with E-state index in [1.54, 1.807) is 11.3 Å². The van der Waals surface area contributed by atoms with Gasteiger partial charge in [0.25, 0.3) is 0 Å². The van der Waals surface area contributed by atoms with Crippen LogP contribution in [0.15, 0.2) is 46.2 Å². The second-order valence-electron chi connectivity index (χ2n) is 6.30. The number of nitrogens with zero attached hydrogens (tertiary/aromatic N) is 1. The van der Waals surface area contributed by atoms with Crippen LogP contribution in [0, 0.1) is 0 Å². The standard InChI is InChI=1S/C20H25NO3S/c1-3-19-18(17-8-4-5-9-20(17)24-19)12-21(2)11-15(22)13-23-14-16-7-6-10-25-16/h4-10,15,22H,3,11-14H2,1-2H3. The van der Waals surface area contributed by atoms with Crippen LogP contribution < -0.4 is 0 Å². The molecule has 0 amide bonds. The summed E-state index contributed by atoms with van der Waals surface area (Å²) in [7, 11) is 2.02. The van der Waals surface area contributed by atoms with Crippen LogP contribution in [0.2, 0.25) is 0 Å². The van der Waals surface area contributed by atoms with Gasteiger partial charge >= 0.3 is 0 Å². The van der Waals surface area contributed by atoms with Gasteiger partial charge in [-0.1, -0.05) is 31.2 Å². The van der Waals surface area contributed by atoms with E-state index in [-0.39, 0.29) is 0 Å². The molecule has 0 aliphatic heterocycles. The Bertz CT molecular complexity index is 781. The van der Waals surface area contributed by atoms with Crippen molar-refractivity contribution in [2.45, 2.75) is 32.6 Å². The van der Waals surface area contributed by atoms with Crippen LogP contribution in [0.3, 0.4) is 0 Å². The summed E-state index contributed by atoms with van der Waals surface area (Å²) in [6.07, 6.45) is 0.359. The van der Waals surface area contributed by atoms with Crippen molar-refractivity contribution >= 4 is 22.3 Å². The summed E-state index contributed by atoms with van der Waals surface area (Å²) < 4.78 is 11.6. The van der Waals surface area contributed by atoms with Crippen molar-refractivity contribution in [2.24, 2.45) is 0 Å². The minimum Gasteiger partial charge on any atom is -0.461 e. The summed E-state index contributed by atoms with van der Waals surface area (Å²) in [6, 6.07) is 12.2. The average Bonchev–Trinajstić information content (AvgIpc) is 3.23. The molecule has 0 aliphatic carbocycles. The number of ether oxygens (including phenoxy) is 1. The van der Waals surface area contributed by atoms with Crippen molar-refractivity contribution in [3.05, 3.63) is 58.0 Å². The Kier molecular flexibility index (Phi) is 6.26. The summed E-state index contributed by atoms with van der Waals surface area (Å²) in [6.45, 7) is 4.32. The Morgan fingerprint density at radius 1 is 1.24 bits per heavy atom. The summed E-state index contributed by atoms with van der Waals surface area (Å²) in [5.74, 6) is 1.02. The number of benzene rings is 1. The van der Waals surface area contributed by atoms with E-state index in [4.69, 9.17) is 9.15 Å². The van der Waals surface area contributed by atoms with E-state index in [9.17, 15) is 5.11 Å². The number of aryl methyl sites for hydroxylation is 1. The van der Waals surface area contributed by atoms with Crippen molar-refractivity contribution in [1.82, 2.24) is 4.90 Å². The Labute approximate surface area is 152 Å². The second-order valence-corrected chi connectivity index (χ2v) is 7.33. The maximum Gasteiger partial charge on any atom is 0.134 e. The smallest absolute Gasteiger partial charge is 0.134 e. The van der Waals surface area contributed by atoms with Gasteiger partial charge in [0.1, 0.15) is 11.3 Å². The fourth-order valence-electron chi connectivity index (χ4n) is 3.05. The molecule has 0 spiro atoms. The third kappa shape index (κ3) is 4.70. The topological polar surface area (TPSA) is 45.8 Å². The first-order valence-electron chi connectivity index (χ1n) is 8.63. The molecule has 0 fully saturated rings. The predicted octanol–water partition coefficient (Wildman–Crippen LogP) is 4.07. The Morgan fingerprint density at radius 2 is 2.08 bits per heavy atom. The molecular formula is C20H25NO3S. The Morgan fingerprint density at radius 3 is 2.84 bits per heavy atom. The second kappa shape index (κ2) is 8.63. The van der Waals surface area contributed by atoms with Gasteiger partial charge in [-0.2, -0.15) is 0 Å². The molecule has 4 nitrogen and oxygen atoms in total. The fourth-order valence-corrected chi connectivity index (χ4v) is 3.69. The number of furan rings is 1. The first kappa shape index (κ1) is 18.1. The third-order valence-corrected chi connectivity index (χ3v) is 5.04. The largest absolute Gasteiger partial charge is 0.461 e. The van der Waals surface area contributed by atoms with Gasteiger partial charge in [-0.25, -0.2) is 0 Å². The summed E-state index contributed by atoms with van der Waals surface area (Å²) in [5, 5.41) is 13.4. The van der Waals surface area contributed by atoms with Crippen LogP contribution in [-0.4, -0.2) is 36.3 Å². The van der Waals surface area contributed by atoms with Crippen LogP contribution in [0.5, 0.6) is 0 Å². The summed E-state index contributed by atoms with van der Waals surface area (Å²) in [5.41, 5.74) is 2.15. The average molecular weight is 359 g/mol. The van der Waals surface area contributed by atoms with Crippen molar-refractivity contribution in [1.29, 1.82) is 0 Å². The highest BCUT2D eigenvalue weighted by Crippen LogP contribution is 2.27. The van der Waals surface area contributed by atoms with E-state index < -0.39 is 6.10 Å². The predicted molar refractivity (Wildman–Crippen MR) is 102 cm³/mol. The number of rotatable bonds is 9. The zero-order valence-electron chi connectivity index (χ0n) is 14.8. The van der Waals surface area contributed by atoms with Gasteiger partial charge in [-0.3, -0.25) is 4.90 Å².